The fourth-order valence-corrected chi connectivity index (χ4v) is 5.87. The molecule has 31 heavy (non-hydrogen) atoms. The molecule has 1 heterocycles. The van der Waals surface area contributed by atoms with Crippen LogP contribution in [-0.2, 0) is 23.9 Å². The lowest BCUT2D eigenvalue weighted by Gasteiger charge is -2.32. The monoisotopic (exact) mass is 560 g/mol. The second-order valence-corrected chi connectivity index (χ2v) is 9.64. The average Bonchev–Trinajstić information content (AvgIpc) is 3.08. The quantitative estimate of drug-likeness (QED) is 0.175. The van der Waals surface area contributed by atoms with Crippen LogP contribution in [0.25, 0.3) is 0 Å². The number of allylic oxidation sites excluding steroid dienone is 2. The number of fused-ring (bicyclic) bond motifs is 5. The number of alkyl halides is 4. The number of rotatable bonds is 3. The number of carbonyl (C=O) groups is 4. The summed E-state index contributed by atoms with van der Waals surface area (Å²) in [4.78, 5) is 39.0. The summed E-state index contributed by atoms with van der Waals surface area (Å²) in [7, 11) is 0. The Morgan fingerprint density at radius 3 is 1.48 bits per heavy atom. The average molecular weight is 563 g/mol. The molecule has 2 fully saturated rings. The molecule has 2 bridgehead atoms. The second-order valence-electron chi connectivity index (χ2n) is 6.36. The molecule has 0 aromatic heterocycles. The van der Waals surface area contributed by atoms with E-state index in [0.29, 0.717) is 12.2 Å². The van der Waals surface area contributed by atoms with Crippen LogP contribution in [0, 0.1) is 11.8 Å². The SMILES string of the molecule is CC(O)CO.O=C(O)/C=C/C(=O)O.O=C1OC(=O)C2C1C1(Cl)C(Cl)=C(Cl)C2(Cl)C1(Cl)Cl. The largest absolute Gasteiger partial charge is 0.478 e. The van der Waals surface area contributed by atoms with Crippen molar-refractivity contribution < 1.29 is 44.3 Å². The van der Waals surface area contributed by atoms with Crippen LogP contribution in [0.5, 0.6) is 0 Å². The molecular weight excluding hydrogens is 549 g/mol. The van der Waals surface area contributed by atoms with Crippen LogP contribution in [0.4, 0.5) is 0 Å². The number of hydrogen-bond donors (Lipinski definition) is 4. The van der Waals surface area contributed by atoms with Crippen molar-refractivity contribution >= 4 is 93.5 Å². The van der Waals surface area contributed by atoms with Gasteiger partial charge in [0.25, 0.3) is 0 Å². The minimum absolute atomic E-state index is 0.126. The van der Waals surface area contributed by atoms with Crippen LogP contribution in [0.1, 0.15) is 6.92 Å². The number of hydrogen-bond acceptors (Lipinski definition) is 7. The standard InChI is InChI=1S/C9H2Cl6O3.C4H4O4.C3H8O2/c10-3-4(11)8(13)2-1(5(16)18-6(2)17)7(3,12)9(8,14)15;5-3(6)1-2-4(7)8;1-3(5)2-4/h1-2H;1-2H,(H,5,6)(H,7,8);3-5H,2H2,1H3/b;2-1+;. The first-order chi connectivity index (χ1) is 14.0. The third-order valence-corrected chi connectivity index (χ3v) is 8.54. The lowest BCUT2D eigenvalue weighted by atomic mass is 9.84. The molecule has 4 N–H and O–H groups in total. The van der Waals surface area contributed by atoms with Gasteiger partial charge in [0.15, 0.2) is 4.33 Å². The number of aliphatic carboxylic acids is 2. The van der Waals surface area contributed by atoms with Crippen molar-refractivity contribution in [2.75, 3.05) is 6.61 Å². The molecule has 3 rings (SSSR count). The van der Waals surface area contributed by atoms with Gasteiger partial charge in [-0.3, -0.25) is 9.59 Å². The minimum atomic E-state index is -1.89. The van der Waals surface area contributed by atoms with E-state index in [2.05, 4.69) is 4.74 Å². The van der Waals surface area contributed by atoms with Gasteiger partial charge in [0, 0.05) is 12.2 Å². The maximum absolute atomic E-state index is 11.7. The molecule has 0 aromatic carbocycles. The van der Waals surface area contributed by atoms with Gasteiger partial charge in [0.2, 0.25) is 0 Å². The van der Waals surface area contributed by atoms with Crippen molar-refractivity contribution in [1.29, 1.82) is 0 Å². The van der Waals surface area contributed by atoms with Crippen LogP contribution in [0.2, 0.25) is 0 Å². The van der Waals surface area contributed by atoms with Crippen molar-refractivity contribution in [3.63, 3.8) is 0 Å². The molecule has 3 aliphatic rings. The van der Waals surface area contributed by atoms with E-state index in [1.54, 1.807) is 0 Å². The summed E-state index contributed by atoms with van der Waals surface area (Å²) in [6, 6.07) is 0. The van der Waals surface area contributed by atoms with E-state index in [0.717, 1.165) is 0 Å². The van der Waals surface area contributed by atoms with Gasteiger partial charge >= 0.3 is 23.9 Å². The zero-order valence-corrected chi connectivity index (χ0v) is 19.7. The highest BCUT2D eigenvalue weighted by molar-refractivity contribution is 6.66. The van der Waals surface area contributed by atoms with Crippen molar-refractivity contribution in [2.45, 2.75) is 27.1 Å². The smallest absolute Gasteiger partial charge is 0.328 e. The molecule has 174 valence electrons. The van der Waals surface area contributed by atoms with Gasteiger partial charge < -0.3 is 25.2 Å². The van der Waals surface area contributed by atoms with E-state index in [9.17, 15) is 19.2 Å². The maximum Gasteiger partial charge on any atom is 0.328 e. The summed E-state index contributed by atoms with van der Waals surface area (Å²) in [6.07, 6.45) is 0.556. The Morgan fingerprint density at radius 1 is 0.968 bits per heavy atom. The number of esters is 2. The summed E-state index contributed by atoms with van der Waals surface area (Å²) >= 11 is 36.9. The van der Waals surface area contributed by atoms with E-state index in [1.165, 1.54) is 6.92 Å². The number of aliphatic hydroxyl groups is 2. The Balaban J connectivity index is 0.000000309. The fraction of sp³-hybridized carbons (Fsp3) is 0.500. The van der Waals surface area contributed by atoms with Gasteiger partial charge in [-0.2, -0.15) is 0 Å². The van der Waals surface area contributed by atoms with Crippen LogP contribution in [0.15, 0.2) is 22.2 Å². The molecular formula is C16H14Cl6O9. The molecule has 0 aromatic rings. The molecule has 1 aliphatic heterocycles. The molecule has 0 amide bonds. The first kappa shape index (κ1) is 28.3. The number of ether oxygens (including phenoxy) is 1. The van der Waals surface area contributed by atoms with Gasteiger partial charge in [0.1, 0.15) is 21.6 Å². The third kappa shape index (κ3) is 4.65. The lowest BCUT2D eigenvalue weighted by Crippen LogP contribution is -2.47. The highest BCUT2D eigenvalue weighted by Gasteiger charge is 2.87. The van der Waals surface area contributed by atoms with Gasteiger partial charge in [-0.15, -0.1) is 23.2 Å². The predicted octanol–water partition coefficient (Wildman–Crippen LogP) is 2.22. The molecule has 0 spiro atoms. The first-order valence-electron chi connectivity index (χ1n) is 8.01. The van der Waals surface area contributed by atoms with E-state index >= 15 is 0 Å². The lowest BCUT2D eigenvalue weighted by molar-refractivity contribution is -0.154. The van der Waals surface area contributed by atoms with E-state index in [-0.39, 0.29) is 16.7 Å². The summed E-state index contributed by atoms with van der Waals surface area (Å²) in [6.45, 7) is 1.39. The Kier molecular flexibility index (Phi) is 9.12. The summed E-state index contributed by atoms with van der Waals surface area (Å²) < 4.78 is 2.63. The third-order valence-electron chi connectivity index (χ3n) is 4.28. The highest BCUT2D eigenvalue weighted by atomic mass is 35.5. The van der Waals surface area contributed by atoms with Crippen LogP contribution >= 0.6 is 69.6 Å². The zero-order chi connectivity index (χ0) is 24.5. The molecule has 1 saturated carbocycles. The number of carboxylic acids is 2. The van der Waals surface area contributed by atoms with Crippen molar-refractivity contribution in [3.05, 3.63) is 22.2 Å². The molecule has 2 aliphatic carbocycles. The van der Waals surface area contributed by atoms with Crippen LogP contribution < -0.4 is 0 Å². The molecule has 1 saturated heterocycles. The summed E-state index contributed by atoms with van der Waals surface area (Å²) in [5.41, 5.74) is 0. The summed E-state index contributed by atoms with van der Waals surface area (Å²) in [5.74, 6) is -6.51. The van der Waals surface area contributed by atoms with E-state index < -0.39 is 55.9 Å². The van der Waals surface area contributed by atoms with Gasteiger partial charge in [-0.1, -0.05) is 46.4 Å². The maximum atomic E-state index is 11.7. The number of carbonyl (C=O) groups excluding carboxylic acids is 2. The number of cyclic esters (lactones) is 2. The summed E-state index contributed by atoms with van der Waals surface area (Å²) in [5, 5.41) is 31.4. The van der Waals surface area contributed by atoms with Gasteiger partial charge in [-0.05, 0) is 6.92 Å². The second kappa shape index (κ2) is 10.0. The first-order valence-corrected chi connectivity index (χ1v) is 10.3. The molecule has 0 radical (unpaired) electrons. The molecule has 9 nitrogen and oxygen atoms in total. The van der Waals surface area contributed by atoms with Gasteiger partial charge in [-0.25, -0.2) is 9.59 Å². The molecule has 15 heteroatoms. The minimum Gasteiger partial charge on any atom is -0.478 e. The normalized spacial score (nSPS) is 33.2. The highest BCUT2D eigenvalue weighted by Crippen LogP contribution is 2.77. The molecule has 5 unspecified atom stereocenters. The van der Waals surface area contributed by atoms with Crippen LogP contribution in [0.3, 0.4) is 0 Å². The Morgan fingerprint density at radius 2 is 1.26 bits per heavy atom. The number of carboxylic acid groups (broad SMARTS) is 2. The number of halogens is 6. The van der Waals surface area contributed by atoms with E-state index in [4.69, 9.17) is 90.0 Å². The number of aliphatic hydroxyl groups excluding tert-OH is 2. The Bertz CT molecular complexity index is 795. The van der Waals surface area contributed by atoms with Crippen LogP contribution in [-0.4, -0.2) is 71.1 Å². The van der Waals surface area contributed by atoms with Gasteiger partial charge in [0.05, 0.1) is 22.8 Å². The Hall–Kier alpha value is -0.780. The molecule has 5 atom stereocenters. The Labute approximate surface area is 205 Å². The van der Waals surface area contributed by atoms with Crippen molar-refractivity contribution in [3.8, 4) is 0 Å². The van der Waals surface area contributed by atoms with E-state index in [1.807, 2.05) is 0 Å². The topological polar surface area (TPSA) is 158 Å². The predicted molar refractivity (Wildman–Crippen MR) is 112 cm³/mol. The fourth-order valence-electron chi connectivity index (χ4n) is 2.95. The van der Waals surface area contributed by atoms with Crippen molar-refractivity contribution in [2.24, 2.45) is 11.8 Å². The van der Waals surface area contributed by atoms with Crippen molar-refractivity contribution in [1.82, 2.24) is 0 Å². The zero-order valence-electron chi connectivity index (χ0n) is 15.2.